The third-order valence-corrected chi connectivity index (χ3v) is 2.98. The van der Waals surface area contributed by atoms with Gasteiger partial charge in [0.05, 0.1) is 11.3 Å². The van der Waals surface area contributed by atoms with Gasteiger partial charge in [0.15, 0.2) is 0 Å². The van der Waals surface area contributed by atoms with Crippen LogP contribution in [0, 0.1) is 6.92 Å². The van der Waals surface area contributed by atoms with E-state index in [1.54, 1.807) is 13.8 Å². The number of aryl methyl sites for hydroxylation is 1. The van der Waals surface area contributed by atoms with E-state index in [0.717, 1.165) is 11.1 Å². The van der Waals surface area contributed by atoms with Crippen LogP contribution in [0.4, 0.5) is 0 Å². The van der Waals surface area contributed by atoms with E-state index in [0.29, 0.717) is 17.9 Å². The Kier molecular flexibility index (Phi) is 4.73. The van der Waals surface area contributed by atoms with Crippen LogP contribution in [0.3, 0.4) is 0 Å². The summed E-state index contributed by atoms with van der Waals surface area (Å²) in [5, 5.41) is 22.0. The molecule has 0 heterocycles. The molecule has 1 aromatic carbocycles. The predicted molar refractivity (Wildman–Crippen MR) is 71.6 cm³/mol. The summed E-state index contributed by atoms with van der Waals surface area (Å²) < 4.78 is 5.63. The highest BCUT2D eigenvalue weighted by atomic mass is 16.5. The van der Waals surface area contributed by atoms with E-state index in [1.807, 2.05) is 32.0 Å². The van der Waals surface area contributed by atoms with Crippen LogP contribution in [0.5, 0.6) is 5.75 Å². The average molecular weight is 251 g/mol. The number of oxime groups is 1. The van der Waals surface area contributed by atoms with Gasteiger partial charge < -0.3 is 15.1 Å². The van der Waals surface area contributed by atoms with Crippen molar-refractivity contribution in [3.8, 4) is 5.75 Å². The molecule has 0 radical (unpaired) electrons. The van der Waals surface area contributed by atoms with Crippen molar-refractivity contribution in [2.45, 2.75) is 39.7 Å². The maximum atomic E-state index is 9.92. The summed E-state index contributed by atoms with van der Waals surface area (Å²) >= 11 is 0. The fraction of sp³-hybridized carbons (Fsp3) is 0.500. The first-order chi connectivity index (χ1) is 8.39. The van der Waals surface area contributed by atoms with E-state index in [1.165, 1.54) is 0 Å². The monoisotopic (exact) mass is 251 g/mol. The van der Waals surface area contributed by atoms with Crippen LogP contribution in [0.25, 0.3) is 0 Å². The van der Waals surface area contributed by atoms with E-state index < -0.39 is 5.60 Å². The molecule has 0 aliphatic heterocycles. The van der Waals surface area contributed by atoms with Crippen LogP contribution in [0.1, 0.15) is 38.3 Å². The summed E-state index contributed by atoms with van der Waals surface area (Å²) in [5.74, 6) is 0.615. The van der Waals surface area contributed by atoms with Gasteiger partial charge in [0.25, 0.3) is 0 Å². The Morgan fingerprint density at radius 3 is 2.67 bits per heavy atom. The Hall–Kier alpha value is -1.55. The van der Waals surface area contributed by atoms with Gasteiger partial charge in [-0.25, -0.2) is 0 Å². The smallest absolute Gasteiger partial charge is 0.128 e. The van der Waals surface area contributed by atoms with Crippen molar-refractivity contribution in [2.24, 2.45) is 5.16 Å². The second-order valence-corrected chi connectivity index (χ2v) is 4.82. The fourth-order valence-corrected chi connectivity index (χ4v) is 1.44. The fourth-order valence-electron chi connectivity index (χ4n) is 1.44. The summed E-state index contributed by atoms with van der Waals surface area (Å²) in [6, 6.07) is 5.64. The highest BCUT2D eigenvalue weighted by Gasteiger charge is 2.19. The number of hydrogen-bond acceptors (Lipinski definition) is 4. The van der Waals surface area contributed by atoms with Gasteiger partial charge in [-0.2, -0.15) is 0 Å². The molecule has 100 valence electrons. The molecule has 18 heavy (non-hydrogen) atoms. The van der Waals surface area contributed by atoms with Crippen molar-refractivity contribution in [2.75, 3.05) is 6.61 Å². The topological polar surface area (TPSA) is 62.0 Å². The zero-order chi connectivity index (χ0) is 13.8. The Labute approximate surface area is 108 Å². The van der Waals surface area contributed by atoms with Crippen LogP contribution in [0.15, 0.2) is 23.4 Å². The highest BCUT2D eigenvalue weighted by molar-refractivity contribution is 6.00. The summed E-state index contributed by atoms with van der Waals surface area (Å²) in [6.45, 7) is 7.51. The summed E-state index contributed by atoms with van der Waals surface area (Å²) in [5.41, 5.74) is 1.43. The first-order valence-corrected chi connectivity index (χ1v) is 6.04. The van der Waals surface area contributed by atoms with E-state index in [9.17, 15) is 5.11 Å². The first-order valence-electron chi connectivity index (χ1n) is 6.04. The highest BCUT2D eigenvalue weighted by Crippen LogP contribution is 2.22. The average Bonchev–Trinajstić information content (AvgIpc) is 2.36. The van der Waals surface area contributed by atoms with E-state index in [4.69, 9.17) is 9.94 Å². The van der Waals surface area contributed by atoms with E-state index in [-0.39, 0.29) is 6.61 Å². The standard InChI is InChI=1S/C14H21NO3/c1-5-14(4,16)9-18-13-7-6-10(2)8-12(13)11(3)15-17/h6-8,16-17H,5,9H2,1-4H3/b15-11+. The molecule has 1 unspecified atom stereocenters. The van der Waals surface area contributed by atoms with Gasteiger partial charge in [0, 0.05) is 5.56 Å². The van der Waals surface area contributed by atoms with Crippen molar-refractivity contribution < 1.29 is 15.1 Å². The van der Waals surface area contributed by atoms with Gasteiger partial charge in [-0.1, -0.05) is 23.7 Å². The second-order valence-electron chi connectivity index (χ2n) is 4.82. The van der Waals surface area contributed by atoms with Gasteiger partial charge in [0.2, 0.25) is 0 Å². The molecule has 1 rings (SSSR count). The quantitative estimate of drug-likeness (QED) is 0.480. The molecule has 0 saturated heterocycles. The Morgan fingerprint density at radius 2 is 2.11 bits per heavy atom. The minimum atomic E-state index is -0.855. The van der Waals surface area contributed by atoms with Gasteiger partial charge in [-0.3, -0.25) is 0 Å². The Morgan fingerprint density at radius 1 is 1.44 bits per heavy atom. The van der Waals surface area contributed by atoms with E-state index in [2.05, 4.69) is 5.16 Å². The van der Waals surface area contributed by atoms with Gasteiger partial charge in [-0.05, 0) is 39.3 Å². The maximum Gasteiger partial charge on any atom is 0.128 e. The van der Waals surface area contributed by atoms with Crippen molar-refractivity contribution in [3.05, 3.63) is 29.3 Å². The molecular formula is C14H21NO3. The number of hydrogen-bond donors (Lipinski definition) is 2. The lowest BCUT2D eigenvalue weighted by Gasteiger charge is -2.22. The Balaban J connectivity index is 2.95. The van der Waals surface area contributed by atoms with E-state index >= 15 is 0 Å². The summed E-state index contributed by atoms with van der Waals surface area (Å²) in [7, 11) is 0. The zero-order valence-corrected chi connectivity index (χ0v) is 11.4. The number of benzene rings is 1. The molecule has 0 aliphatic carbocycles. The van der Waals surface area contributed by atoms with Crippen molar-refractivity contribution in [1.29, 1.82) is 0 Å². The number of rotatable bonds is 5. The number of ether oxygens (including phenoxy) is 1. The molecular weight excluding hydrogens is 230 g/mol. The third kappa shape index (κ3) is 3.74. The molecule has 0 saturated carbocycles. The lowest BCUT2D eigenvalue weighted by molar-refractivity contribution is 0.00841. The third-order valence-electron chi connectivity index (χ3n) is 2.98. The van der Waals surface area contributed by atoms with Crippen molar-refractivity contribution in [1.82, 2.24) is 0 Å². The molecule has 0 aromatic heterocycles. The lowest BCUT2D eigenvalue weighted by atomic mass is 10.0. The molecule has 2 N–H and O–H groups in total. The normalized spacial score (nSPS) is 15.3. The zero-order valence-electron chi connectivity index (χ0n) is 11.4. The Bertz CT molecular complexity index is 439. The maximum absolute atomic E-state index is 9.92. The van der Waals surface area contributed by atoms with Crippen LogP contribution < -0.4 is 4.74 Å². The number of nitrogens with zero attached hydrogens (tertiary/aromatic N) is 1. The molecule has 0 bridgehead atoms. The molecule has 4 heteroatoms. The first kappa shape index (κ1) is 14.5. The second kappa shape index (κ2) is 5.87. The lowest BCUT2D eigenvalue weighted by Crippen LogP contribution is -2.31. The molecule has 0 spiro atoms. The minimum Gasteiger partial charge on any atom is -0.490 e. The van der Waals surface area contributed by atoms with Gasteiger partial charge in [-0.15, -0.1) is 0 Å². The molecule has 0 aliphatic rings. The van der Waals surface area contributed by atoms with Crippen LogP contribution in [0.2, 0.25) is 0 Å². The summed E-state index contributed by atoms with van der Waals surface area (Å²) in [4.78, 5) is 0. The SMILES string of the molecule is CCC(C)(O)COc1ccc(C)cc1/C(C)=N/O. The van der Waals surface area contributed by atoms with Crippen molar-refractivity contribution >= 4 is 5.71 Å². The predicted octanol–water partition coefficient (Wildman–Crippen LogP) is 2.73. The van der Waals surface area contributed by atoms with Crippen LogP contribution in [-0.2, 0) is 0 Å². The largest absolute Gasteiger partial charge is 0.490 e. The number of aliphatic hydroxyl groups is 1. The molecule has 1 atom stereocenters. The molecule has 0 fully saturated rings. The van der Waals surface area contributed by atoms with Crippen LogP contribution in [-0.4, -0.2) is 28.2 Å². The minimum absolute atomic E-state index is 0.207. The van der Waals surface area contributed by atoms with Crippen molar-refractivity contribution in [3.63, 3.8) is 0 Å². The van der Waals surface area contributed by atoms with Crippen LogP contribution >= 0.6 is 0 Å². The summed E-state index contributed by atoms with van der Waals surface area (Å²) in [6.07, 6.45) is 0.612. The van der Waals surface area contributed by atoms with Gasteiger partial charge in [0.1, 0.15) is 12.4 Å². The molecule has 4 nitrogen and oxygen atoms in total. The van der Waals surface area contributed by atoms with Gasteiger partial charge >= 0.3 is 0 Å². The molecule has 0 amide bonds. The molecule has 1 aromatic rings.